The SMILES string of the molecule is COC(=O)c1ccc2c(c1)NC(=C=O)n1ccnc1-2. The third-order valence-corrected chi connectivity index (χ3v) is 2.91. The second kappa shape index (κ2) is 4.12. The van der Waals surface area contributed by atoms with Crippen LogP contribution in [-0.2, 0) is 9.53 Å². The quantitative estimate of drug-likeness (QED) is 0.615. The summed E-state index contributed by atoms with van der Waals surface area (Å²) in [6.07, 6.45) is 3.26. The van der Waals surface area contributed by atoms with Crippen molar-refractivity contribution in [1.82, 2.24) is 9.55 Å². The molecule has 0 amide bonds. The molecule has 6 heteroatoms. The molecule has 2 aromatic rings. The molecule has 2 heterocycles. The van der Waals surface area contributed by atoms with Crippen molar-refractivity contribution in [3.63, 3.8) is 0 Å². The highest BCUT2D eigenvalue weighted by molar-refractivity contribution is 5.98. The first-order valence-corrected chi connectivity index (χ1v) is 5.53. The number of carbonyl (C=O) groups excluding carboxylic acids is 2. The standard InChI is InChI=1S/C13H9N3O3/c1-19-13(18)8-2-3-9-10(6-8)15-11(7-17)16-5-4-14-12(9)16/h2-6,15H,1H3. The second-order valence-electron chi connectivity index (χ2n) is 3.95. The highest BCUT2D eigenvalue weighted by Gasteiger charge is 2.22. The molecular weight excluding hydrogens is 246 g/mol. The van der Waals surface area contributed by atoms with Gasteiger partial charge in [-0.1, -0.05) is 0 Å². The molecule has 1 aromatic carbocycles. The fourth-order valence-corrected chi connectivity index (χ4v) is 2.03. The van der Waals surface area contributed by atoms with Crippen molar-refractivity contribution in [2.24, 2.45) is 0 Å². The zero-order chi connectivity index (χ0) is 13.4. The number of carbonyl (C=O) groups is 1. The highest BCUT2D eigenvalue weighted by Crippen LogP contribution is 2.34. The minimum absolute atomic E-state index is 0.238. The van der Waals surface area contributed by atoms with E-state index in [0.717, 1.165) is 5.56 Å². The highest BCUT2D eigenvalue weighted by atomic mass is 16.5. The van der Waals surface area contributed by atoms with Gasteiger partial charge in [-0.05, 0) is 18.2 Å². The topological polar surface area (TPSA) is 73.2 Å². The van der Waals surface area contributed by atoms with Crippen LogP contribution in [0, 0.1) is 0 Å². The maximum Gasteiger partial charge on any atom is 0.337 e. The number of nitrogens with one attached hydrogen (secondary N) is 1. The Hall–Kier alpha value is -2.85. The zero-order valence-electron chi connectivity index (χ0n) is 10.0. The van der Waals surface area contributed by atoms with Crippen LogP contribution in [0.5, 0.6) is 0 Å². The third kappa shape index (κ3) is 1.63. The van der Waals surface area contributed by atoms with E-state index in [1.807, 2.05) is 5.94 Å². The summed E-state index contributed by atoms with van der Waals surface area (Å²) in [6, 6.07) is 5.03. The van der Waals surface area contributed by atoms with Crippen LogP contribution in [0.4, 0.5) is 5.69 Å². The molecule has 0 fully saturated rings. The molecule has 1 aliphatic rings. The van der Waals surface area contributed by atoms with E-state index in [0.29, 0.717) is 17.1 Å². The Morgan fingerprint density at radius 2 is 2.32 bits per heavy atom. The van der Waals surface area contributed by atoms with Crippen molar-refractivity contribution in [1.29, 1.82) is 0 Å². The van der Waals surface area contributed by atoms with Gasteiger partial charge < -0.3 is 10.1 Å². The van der Waals surface area contributed by atoms with Crippen molar-refractivity contribution < 1.29 is 14.3 Å². The first-order chi connectivity index (χ1) is 9.24. The maximum absolute atomic E-state index is 11.5. The molecule has 0 radical (unpaired) electrons. The zero-order valence-corrected chi connectivity index (χ0v) is 10.0. The van der Waals surface area contributed by atoms with Crippen molar-refractivity contribution in [2.75, 3.05) is 12.4 Å². The van der Waals surface area contributed by atoms with Gasteiger partial charge in [0.1, 0.15) is 5.82 Å². The lowest BCUT2D eigenvalue weighted by Gasteiger charge is -2.20. The number of methoxy groups -OCH3 is 1. The lowest BCUT2D eigenvalue weighted by molar-refractivity contribution is 0.0601. The number of hydrogen-bond donors (Lipinski definition) is 1. The number of benzene rings is 1. The van der Waals surface area contributed by atoms with E-state index in [1.165, 1.54) is 7.11 Å². The minimum Gasteiger partial charge on any atom is -0.465 e. The molecular formula is C13H9N3O3. The molecule has 3 rings (SSSR count). The molecule has 1 aliphatic heterocycles. The fourth-order valence-electron chi connectivity index (χ4n) is 2.03. The number of fused-ring (bicyclic) bond motifs is 3. The molecule has 0 spiro atoms. The first kappa shape index (κ1) is 11.3. The van der Waals surface area contributed by atoms with E-state index in [9.17, 15) is 9.59 Å². The van der Waals surface area contributed by atoms with E-state index in [1.54, 1.807) is 35.2 Å². The summed E-state index contributed by atoms with van der Waals surface area (Å²) in [5.74, 6) is 2.24. The Morgan fingerprint density at radius 1 is 1.47 bits per heavy atom. The van der Waals surface area contributed by atoms with Crippen LogP contribution in [-0.4, -0.2) is 28.6 Å². The van der Waals surface area contributed by atoms with Gasteiger partial charge in [0, 0.05) is 18.0 Å². The maximum atomic E-state index is 11.5. The van der Waals surface area contributed by atoms with Gasteiger partial charge in [-0.3, -0.25) is 4.57 Å². The number of rotatable bonds is 1. The molecule has 1 N–H and O–H groups in total. The smallest absolute Gasteiger partial charge is 0.337 e. The van der Waals surface area contributed by atoms with Crippen LogP contribution in [0.15, 0.2) is 30.6 Å². The molecule has 0 atom stereocenters. The average molecular weight is 255 g/mol. The Kier molecular flexibility index (Phi) is 2.44. The summed E-state index contributed by atoms with van der Waals surface area (Å²) in [5.41, 5.74) is 1.83. The van der Waals surface area contributed by atoms with Gasteiger partial charge in [-0.15, -0.1) is 0 Å². The van der Waals surface area contributed by atoms with E-state index in [4.69, 9.17) is 0 Å². The molecule has 0 bridgehead atoms. The van der Waals surface area contributed by atoms with Crippen molar-refractivity contribution in [2.45, 2.75) is 0 Å². The van der Waals surface area contributed by atoms with Crippen LogP contribution < -0.4 is 5.32 Å². The van der Waals surface area contributed by atoms with Crippen molar-refractivity contribution in [3.8, 4) is 11.4 Å². The van der Waals surface area contributed by atoms with E-state index in [2.05, 4.69) is 15.0 Å². The van der Waals surface area contributed by atoms with Crippen LogP contribution in [0.2, 0.25) is 0 Å². The summed E-state index contributed by atoms with van der Waals surface area (Å²) in [5, 5.41) is 2.92. The van der Waals surface area contributed by atoms with Crippen LogP contribution in [0.25, 0.3) is 17.2 Å². The van der Waals surface area contributed by atoms with Gasteiger partial charge in [0.2, 0.25) is 5.82 Å². The average Bonchev–Trinajstić information content (AvgIpc) is 2.94. The van der Waals surface area contributed by atoms with Gasteiger partial charge in [0.15, 0.2) is 5.94 Å². The normalized spacial score (nSPS) is 11.9. The number of hydrogen-bond acceptors (Lipinski definition) is 5. The van der Waals surface area contributed by atoms with E-state index < -0.39 is 5.97 Å². The summed E-state index contributed by atoms with van der Waals surface area (Å²) < 4.78 is 6.27. The molecule has 0 unspecified atom stereocenters. The van der Waals surface area contributed by atoms with Crippen molar-refractivity contribution in [3.05, 3.63) is 36.2 Å². The number of imidazole rings is 1. The lowest BCUT2D eigenvalue weighted by Crippen LogP contribution is -2.15. The lowest BCUT2D eigenvalue weighted by atomic mass is 10.1. The molecule has 0 aliphatic carbocycles. The summed E-state index contributed by atoms with van der Waals surface area (Å²) >= 11 is 0. The van der Waals surface area contributed by atoms with Gasteiger partial charge in [-0.25, -0.2) is 14.6 Å². The molecule has 0 saturated heterocycles. The fraction of sp³-hybridized carbons (Fsp3) is 0.0769. The van der Waals surface area contributed by atoms with Gasteiger partial charge in [0.05, 0.1) is 18.4 Å². The summed E-state index contributed by atoms with van der Waals surface area (Å²) in [4.78, 5) is 26.6. The molecule has 94 valence electrons. The summed E-state index contributed by atoms with van der Waals surface area (Å²) in [7, 11) is 1.32. The predicted octanol–water partition coefficient (Wildman–Crippen LogP) is 1.39. The number of anilines is 1. The number of esters is 1. The molecule has 6 nitrogen and oxygen atoms in total. The largest absolute Gasteiger partial charge is 0.465 e. The van der Waals surface area contributed by atoms with E-state index in [-0.39, 0.29) is 5.82 Å². The third-order valence-electron chi connectivity index (χ3n) is 2.91. The number of ether oxygens (including phenoxy) is 1. The van der Waals surface area contributed by atoms with Crippen LogP contribution in [0.1, 0.15) is 10.4 Å². The Morgan fingerprint density at radius 3 is 3.05 bits per heavy atom. The monoisotopic (exact) mass is 255 g/mol. The van der Waals surface area contributed by atoms with Gasteiger partial charge >= 0.3 is 5.97 Å². The minimum atomic E-state index is -0.435. The van der Waals surface area contributed by atoms with Crippen molar-refractivity contribution >= 4 is 23.4 Å². The van der Waals surface area contributed by atoms with Gasteiger partial charge in [0.25, 0.3) is 0 Å². The van der Waals surface area contributed by atoms with Crippen LogP contribution in [0.3, 0.4) is 0 Å². The first-order valence-electron chi connectivity index (χ1n) is 5.53. The number of nitrogens with zero attached hydrogens (tertiary/aromatic N) is 2. The number of aromatic nitrogens is 2. The summed E-state index contributed by atoms with van der Waals surface area (Å²) in [6.45, 7) is 0. The Labute approximate surface area is 108 Å². The second-order valence-corrected chi connectivity index (χ2v) is 3.95. The molecule has 19 heavy (non-hydrogen) atoms. The Balaban J connectivity index is 2.19. The Bertz CT molecular complexity index is 726. The van der Waals surface area contributed by atoms with Crippen LogP contribution >= 0.6 is 0 Å². The van der Waals surface area contributed by atoms with Gasteiger partial charge in [-0.2, -0.15) is 0 Å². The molecule has 1 aromatic heterocycles. The predicted molar refractivity (Wildman–Crippen MR) is 68.0 cm³/mol. The molecule has 0 saturated carbocycles. The van der Waals surface area contributed by atoms with E-state index >= 15 is 0 Å².